The number of ether oxygens (including phenoxy) is 1. The third kappa shape index (κ3) is 4.49. The highest BCUT2D eigenvalue weighted by Crippen LogP contribution is 2.33. The number of nitrogens with zero attached hydrogens (tertiary/aromatic N) is 2. The number of fused-ring (bicyclic) bond motifs is 1. The van der Waals surface area contributed by atoms with Crippen LogP contribution in [0.2, 0.25) is 0 Å². The summed E-state index contributed by atoms with van der Waals surface area (Å²) in [4.78, 5) is 12.3. The van der Waals surface area contributed by atoms with Crippen LogP contribution < -0.4 is 5.32 Å². The molecule has 2 aromatic rings. The molecule has 5 nitrogen and oxygen atoms in total. The van der Waals surface area contributed by atoms with E-state index in [9.17, 15) is 10.1 Å². The van der Waals surface area contributed by atoms with Crippen LogP contribution in [-0.4, -0.2) is 30.7 Å². The second-order valence-corrected chi connectivity index (χ2v) is 7.18. The van der Waals surface area contributed by atoms with E-state index in [4.69, 9.17) is 0 Å². The molecule has 2 aliphatic carbocycles. The van der Waals surface area contributed by atoms with Crippen molar-refractivity contribution in [1.29, 1.82) is 5.26 Å². The van der Waals surface area contributed by atoms with Crippen LogP contribution in [0.25, 0.3) is 10.9 Å². The van der Waals surface area contributed by atoms with Gasteiger partial charge in [0.05, 0.1) is 5.56 Å². The van der Waals surface area contributed by atoms with E-state index in [0.717, 1.165) is 36.0 Å². The van der Waals surface area contributed by atoms with E-state index in [1.54, 1.807) is 14.2 Å². The van der Waals surface area contributed by atoms with Gasteiger partial charge in [-0.05, 0) is 31.9 Å². The highest BCUT2D eigenvalue weighted by atomic mass is 16.4. The minimum atomic E-state index is -0.0422. The van der Waals surface area contributed by atoms with Crippen LogP contribution >= 0.6 is 0 Å². The summed E-state index contributed by atoms with van der Waals surface area (Å²) in [6, 6.07) is 10.8. The van der Waals surface area contributed by atoms with E-state index in [1.165, 1.54) is 0 Å². The van der Waals surface area contributed by atoms with Gasteiger partial charge in [-0.25, -0.2) is 0 Å². The first-order chi connectivity index (χ1) is 14.1. The molecule has 0 aliphatic heterocycles. The summed E-state index contributed by atoms with van der Waals surface area (Å²) in [5.74, 6) is -0.0648. The summed E-state index contributed by atoms with van der Waals surface area (Å²) >= 11 is 0. The van der Waals surface area contributed by atoms with Crippen molar-refractivity contribution in [2.75, 3.05) is 14.2 Å². The minimum absolute atomic E-state index is 0.0226. The van der Waals surface area contributed by atoms with Crippen molar-refractivity contribution >= 4 is 16.8 Å². The zero-order chi connectivity index (χ0) is 20.8. The number of amides is 1. The van der Waals surface area contributed by atoms with E-state index in [0.29, 0.717) is 17.2 Å². The molecule has 2 aliphatic rings. The minimum Gasteiger partial charge on any atom is -0.388 e. The normalized spacial score (nSPS) is 17.7. The smallest absolute Gasteiger partial charge is 0.251 e. The van der Waals surface area contributed by atoms with Gasteiger partial charge in [-0.1, -0.05) is 42.5 Å². The number of benzene rings is 1. The fourth-order valence-electron chi connectivity index (χ4n) is 3.56. The lowest BCUT2D eigenvalue weighted by molar-refractivity contribution is -0.117. The molecule has 29 heavy (non-hydrogen) atoms. The van der Waals surface area contributed by atoms with Crippen molar-refractivity contribution in [2.45, 2.75) is 38.3 Å². The number of hydrogen-bond donors (Lipinski definition) is 1. The Hall–Kier alpha value is -3.10. The van der Waals surface area contributed by atoms with Crippen LogP contribution in [0.15, 0.2) is 60.2 Å². The molecule has 150 valence electrons. The first kappa shape index (κ1) is 20.6. The molecule has 0 spiro atoms. The Morgan fingerprint density at radius 2 is 2.00 bits per heavy atom. The van der Waals surface area contributed by atoms with E-state index >= 15 is 0 Å². The number of rotatable bonds is 4. The van der Waals surface area contributed by atoms with Gasteiger partial charge in [-0.15, -0.1) is 0 Å². The predicted molar refractivity (Wildman–Crippen MR) is 116 cm³/mol. The maximum Gasteiger partial charge on any atom is 0.251 e. The Morgan fingerprint density at radius 3 is 2.66 bits per heavy atom. The largest absolute Gasteiger partial charge is 0.388 e. The van der Waals surface area contributed by atoms with Crippen molar-refractivity contribution in [2.24, 2.45) is 0 Å². The average Bonchev–Trinajstić information content (AvgIpc) is 3.52. The summed E-state index contributed by atoms with van der Waals surface area (Å²) in [6.45, 7) is 2.88. The van der Waals surface area contributed by atoms with E-state index < -0.39 is 0 Å². The van der Waals surface area contributed by atoms with Gasteiger partial charge in [0.2, 0.25) is 0 Å². The monoisotopic (exact) mass is 389 g/mol. The van der Waals surface area contributed by atoms with Crippen molar-refractivity contribution in [3.05, 3.63) is 71.5 Å². The summed E-state index contributed by atoms with van der Waals surface area (Å²) in [5.41, 5.74) is 3.44. The molecular weight excluding hydrogens is 362 g/mol. The molecule has 1 amide bonds. The standard InChI is InChI=1S/C22H21N3O.C2H6O/c1-2-25-20-9-4-3-8-18(20)19(14-23)21(25)15-6-5-7-16(11-10-15)22(26)24-17-12-13-17;1-3-2/h3-11,15,17H,2,12-13H2,1H3,(H,24,26);1-2H3. The molecule has 1 aromatic heterocycles. The Labute approximate surface area is 172 Å². The molecular formula is C24H27N3O2. The number of carbonyl (C=O) groups excluding carboxylic acids is 1. The van der Waals surface area contributed by atoms with Crippen LogP contribution in [0.5, 0.6) is 0 Å². The average molecular weight is 389 g/mol. The number of carbonyl (C=O) groups is 1. The maximum atomic E-state index is 12.3. The molecule has 5 heteroatoms. The highest BCUT2D eigenvalue weighted by Gasteiger charge is 2.25. The summed E-state index contributed by atoms with van der Waals surface area (Å²) in [7, 11) is 3.25. The van der Waals surface area contributed by atoms with Gasteiger partial charge in [-0.2, -0.15) is 5.26 Å². The topological polar surface area (TPSA) is 67.0 Å². The molecule has 1 N–H and O–H groups in total. The second kappa shape index (κ2) is 9.40. The lowest BCUT2D eigenvalue weighted by Crippen LogP contribution is -2.26. The SMILES string of the molecule is CCn1c(C2C=CC=C(C(=O)NC3CC3)C=C2)c(C#N)c2ccccc21.COC. The van der Waals surface area contributed by atoms with Crippen LogP contribution in [0.3, 0.4) is 0 Å². The number of hydrogen-bond acceptors (Lipinski definition) is 3. The van der Waals surface area contributed by atoms with Gasteiger partial charge in [0.1, 0.15) is 6.07 Å². The number of nitrogens with one attached hydrogen (secondary N) is 1. The highest BCUT2D eigenvalue weighted by molar-refractivity contribution is 5.97. The first-order valence-electron chi connectivity index (χ1n) is 9.93. The van der Waals surface area contributed by atoms with Crippen LogP contribution in [0.4, 0.5) is 0 Å². The van der Waals surface area contributed by atoms with E-state index in [2.05, 4.69) is 39.8 Å². The molecule has 1 atom stereocenters. The Balaban J connectivity index is 0.000000755. The lowest BCUT2D eigenvalue weighted by atomic mass is 9.99. The fraction of sp³-hybridized carbons (Fsp3) is 0.333. The number of allylic oxidation sites excluding steroid dienone is 4. The lowest BCUT2D eigenvalue weighted by Gasteiger charge is -2.13. The fourth-order valence-corrected chi connectivity index (χ4v) is 3.56. The summed E-state index contributed by atoms with van der Waals surface area (Å²) in [6.07, 6.45) is 11.9. The molecule has 0 bridgehead atoms. The molecule has 1 unspecified atom stereocenters. The number of para-hydroxylation sites is 1. The number of methoxy groups -OCH3 is 1. The second-order valence-electron chi connectivity index (χ2n) is 7.18. The van der Waals surface area contributed by atoms with Crippen LogP contribution in [0.1, 0.15) is 36.9 Å². The van der Waals surface area contributed by atoms with Crippen LogP contribution in [0, 0.1) is 11.3 Å². The third-order valence-corrected chi connectivity index (χ3v) is 5.01. The number of aromatic nitrogens is 1. The van der Waals surface area contributed by atoms with Gasteiger partial charge in [0.15, 0.2) is 0 Å². The van der Waals surface area contributed by atoms with Gasteiger partial charge in [0.25, 0.3) is 5.91 Å². The molecule has 0 radical (unpaired) electrons. The predicted octanol–water partition coefficient (Wildman–Crippen LogP) is 4.21. The van der Waals surface area contributed by atoms with E-state index in [-0.39, 0.29) is 11.8 Å². The number of aryl methyl sites for hydroxylation is 1. The van der Waals surface area contributed by atoms with Gasteiger partial charge >= 0.3 is 0 Å². The summed E-state index contributed by atoms with van der Waals surface area (Å²) < 4.78 is 6.45. The molecule has 1 aromatic carbocycles. The van der Waals surface area contributed by atoms with E-state index in [1.807, 2.05) is 42.5 Å². The summed E-state index contributed by atoms with van der Waals surface area (Å²) in [5, 5.41) is 13.8. The Morgan fingerprint density at radius 1 is 1.28 bits per heavy atom. The van der Waals surface area contributed by atoms with Gasteiger partial charge in [0, 0.05) is 54.9 Å². The van der Waals surface area contributed by atoms with Crippen molar-refractivity contribution in [3.8, 4) is 6.07 Å². The van der Waals surface area contributed by atoms with Gasteiger partial charge < -0.3 is 14.6 Å². The molecule has 1 heterocycles. The quantitative estimate of drug-likeness (QED) is 0.852. The Bertz CT molecular complexity index is 1020. The molecule has 1 fully saturated rings. The maximum absolute atomic E-state index is 12.3. The van der Waals surface area contributed by atoms with Crippen molar-refractivity contribution < 1.29 is 9.53 Å². The van der Waals surface area contributed by atoms with Crippen molar-refractivity contribution in [1.82, 2.24) is 9.88 Å². The molecule has 4 rings (SSSR count). The third-order valence-electron chi connectivity index (χ3n) is 5.01. The Kier molecular flexibility index (Phi) is 6.69. The van der Waals surface area contributed by atoms with Crippen molar-refractivity contribution in [3.63, 3.8) is 0 Å². The zero-order valence-corrected chi connectivity index (χ0v) is 17.2. The molecule has 1 saturated carbocycles. The van der Waals surface area contributed by atoms with Crippen LogP contribution in [-0.2, 0) is 16.1 Å². The first-order valence-corrected chi connectivity index (χ1v) is 9.93. The number of nitriles is 1. The zero-order valence-electron chi connectivity index (χ0n) is 17.2. The molecule has 0 saturated heterocycles. The van der Waals surface area contributed by atoms with Gasteiger partial charge in [-0.3, -0.25) is 4.79 Å².